The maximum Gasteiger partial charge on any atom is 0.212 e. The van der Waals surface area contributed by atoms with E-state index >= 15 is 0 Å². The van der Waals surface area contributed by atoms with Crippen molar-refractivity contribution in [2.75, 3.05) is 6.54 Å². The number of guanidine groups is 1. The van der Waals surface area contributed by atoms with Gasteiger partial charge < -0.3 is 17.2 Å². The van der Waals surface area contributed by atoms with Crippen LogP contribution in [0.25, 0.3) is 0 Å². The minimum atomic E-state index is 0.0547. The van der Waals surface area contributed by atoms with E-state index in [1.165, 1.54) is 11.3 Å². The third-order valence-corrected chi connectivity index (χ3v) is 2.68. The lowest BCUT2D eigenvalue weighted by Crippen LogP contribution is -2.21. The highest BCUT2D eigenvalue weighted by atomic mass is 32.1. The summed E-state index contributed by atoms with van der Waals surface area (Å²) in [5.74, 6) is 0.0547. The lowest BCUT2D eigenvalue weighted by molar-refractivity contribution is 0.681. The van der Waals surface area contributed by atoms with Crippen LogP contribution in [0.1, 0.15) is 25.0 Å². The average molecular weight is 227 g/mol. The van der Waals surface area contributed by atoms with E-state index in [9.17, 15) is 0 Å². The Hall–Kier alpha value is -1.14. The van der Waals surface area contributed by atoms with Crippen molar-refractivity contribution in [3.63, 3.8) is 0 Å². The highest BCUT2D eigenvalue weighted by Gasteiger charge is 2.00. The minimum absolute atomic E-state index is 0.0547. The van der Waals surface area contributed by atoms with Gasteiger partial charge in [-0.15, -0.1) is 11.3 Å². The first-order chi connectivity index (χ1) is 7.22. The number of nitrogens with two attached hydrogens (primary N) is 3. The molecule has 1 heterocycles. The molecule has 0 aliphatic heterocycles. The van der Waals surface area contributed by atoms with Crippen LogP contribution in [0.3, 0.4) is 0 Å². The Morgan fingerprint density at radius 2 is 2.13 bits per heavy atom. The third kappa shape index (κ3) is 4.75. The maximum atomic E-state index is 5.41. The second-order valence-electron chi connectivity index (χ2n) is 3.26. The van der Waals surface area contributed by atoms with Gasteiger partial charge in [-0.2, -0.15) is 4.99 Å². The second kappa shape index (κ2) is 6.36. The smallest absolute Gasteiger partial charge is 0.212 e. The Morgan fingerprint density at radius 3 is 2.80 bits per heavy atom. The van der Waals surface area contributed by atoms with Gasteiger partial charge in [0.1, 0.15) is 0 Å². The maximum absolute atomic E-state index is 5.41. The highest BCUT2D eigenvalue weighted by molar-refractivity contribution is 7.13. The number of aromatic nitrogens is 1. The van der Waals surface area contributed by atoms with Gasteiger partial charge in [0.05, 0.1) is 5.69 Å². The van der Waals surface area contributed by atoms with Crippen LogP contribution in [-0.4, -0.2) is 17.5 Å². The molecule has 0 radical (unpaired) electrons. The fourth-order valence-corrected chi connectivity index (χ4v) is 1.94. The van der Waals surface area contributed by atoms with Gasteiger partial charge in [-0.05, 0) is 25.8 Å². The predicted molar refractivity (Wildman–Crippen MR) is 64.2 cm³/mol. The molecule has 1 aromatic rings. The summed E-state index contributed by atoms with van der Waals surface area (Å²) in [4.78, 5) is 8.17. The van der Waals surface area contributed by atoms with Crippen molar-refractivity contribution >= 4 is 22.4 Å². The van der Waals surface area contributed by atoms with Gasteiger partial charge in [0.2, 0.25) is 5.13 Å². The molecule has 0 atom stereocenters. The number of rotatable bonds is 6. The molecule has 1 rings (SSSR count). The third-order valence-electron chi connectivity index (χ3n) is 1.90. The molecule has 0 saturated heterocycles. The largest absolute Gasteiger partial charge is 0.370 e. The summed E-state index contributed by atoms with van der Waals surface area (Å²) in [6.07, 6.45) is 4.30. The zero-order valence-electron chi connectivity index (χ0n) is 8.65. The van der Waals surface area contributed by atoms with E-state index in [4.69, 9.17) is 17.2 Å². The van der Waals surface area contributed by atoms with Gasteiger partial charge in [-0.25, -0.2) is 4.98 Å². The number of aryl methyl sites for hydroxylation is 1. The molecule has 6 N–H and O–H groups in total. The van der Waals surface area contributed by atoms with Crippen molar-refractivity contribution in [2.24, 2.45) is 22.2 Å². The summed E-state index contributed by atoms with van der Waals surface area (Å²) in [7, 11) is 0. The van der Waals surface area contributed by atoms with Gasteiger partial charge >= 0.3 is 0 Å². The first kappa shape index (κ1) is 11.9. The van der Waals surface area contributed by atoms with Crippen molar-refractivity contribution in [1.29, 1.82) is 0 Å². The molecule has 15 heavy (non-hydrogen) atoms. The molecule has 0 spiro atoms. The number of unbranched alkanes of at least 4 members (excludes halogenated alkanes) is 2. The SMILES string of the molecule is NCCCCCc1csc(N=C(N)N)n1. The van der Waals surface area contributed by atoms with Crippen LogP contribution in [0.15, 0.2) is 10.4 Å². The summed E-state index contributed by atoms with van der Waals surface area (Å²) < 4.78 is 0. The van der Waals surface area contributed by atoms with E-state index in [1.54, 1.807) is 0 Å². The van der Waals surface area contributed by atoms with E-state index in [1.807, 2.05) is 5.38 Å². The molecule has 5 nitrogen and oxygen atoms in total. The predicted octanol–water partition coefficient (Wildman–Crippen LogP) is 0.720. The van der Waals surface area contributed by atoms with E-state index in [0.717, 1.165) is 37.9 Å². The van der Waals surface area contributed by atoms with Crippen molar-refractivity contribution in [1.82, 2.24) is 4.98 Å². The van der Waals surface area contributed by atoms with Crippen molar-refractivity contribution in [2.45, 2.75) is 25.7 Å². The summed E-state index contributed by atoms with van der Waals surface area (Å²) in [5.41, 5.74) is 17.0. The van der Waals surface area contributed by atoms with Crippen LogP contribution < -0.4 is 17.2 Å². The van der Waals surface area contributed by atoms with Gasteiger partial charge in [0.25, 0.3) is 0 Å². The highest BCUT2D eigenvalue weighted by Crippen LogP contribution is 2.19. The topological polar surface area (TPSA) is 103 Å². The summed E-state index contributed by atoms with van der Waals surface area (Å²) in [5, 5.41) is 2.62. The Bertz CT molecular complexity index is 316. The van der Waals surface area contributed by atoms with Gasteiger partial charge in [-0.3, -0.25) is 0 Å². The van der Waals surface area contributed by atoms with E-state index in [-0.39, 0.29) is 5.96 Å². The molecule has 0 aliphatic rings. The number of aliphatic imine (C=N–C) groups is 1. The van der Waals surface area contributed by atoms with Crippen LogP contribution in [0.2, 0.25) is 0 Å². The Morgan fingerprint density at radius 1 is 1.33 bits per heavy atom. The number of hydrogen-bond donors (Lipinski definition) is 3. The van der Waals surface area contributed by atoms with Crippen LogP contribution >= 0.6 is 11.3 Å². The molecule has 0 aromatic carbocycles. The summed E-state index contributed by atoms with van der Waals surface area (Å²) in [6, 6.07) is 0. The molecule has 6 heteroatoms. The standard InChI is InChI=1S/C9H17N5S/c10-5-3-1-2-4-7-6-15-9(13-7)14-8(11)12/h6H,1-5,10H2,(H4,11,12,13,14). The first-order valence-corrected chi connectivity index (χ1v) is 5.84. The van der Waals surface area contributed by atoms with E-state index in [0.29, 0.717) is 5.13 Å². The van der Waals surface area contributed by atoms with E-state index < -0.39 is 0 Å². The molecule has 0 saturated carbocycles. The van der Waals surface area contributed by atoms with Crippen LogP contribution in [0, 0.1) is 0 Å². The fraction of sp³-hybridized carbons (Fsp3) is 0.556. The van der Waals surface area contributed by atoms with Crippen molar-refractivity contribution < 1.29 is 0 Å². The van der Waals surface area contributed by atoms with Crippen molar-refractivity contribution in [3.05, 3.63) is 11.1 Å². The number of thiazole rings is 1. The Labute approximate surface area is 93.4 Å². The molecule has 84 valence electrons. The number of hydrogen-bond acceptors (Lipinski definition) is 4. The van der Waals surface area contributed by atoms with Crippen molar-refractivity contribution in [3.8, 4) is 0 Å². The molecule has 0 fully saturated rings. The molecular formula is C9H17N5S. The first-order valence-electron chi connectivity index (χ1n) is 4.96. The zero-order valence-corrected chi connectivity index (χ0v) is 9.46. The normalized spacial score (nSPS) is 10.2. The lowest BCUT2D eigenvalue weighted by Gasteiger charge is -1.95. The quantitative estimate of drug-likeness (QED) is 0.378. The number of nitrogens with zero attached hydrogens (tertiary/aromatic N) is 2. The second-order valence-corrected chi connectivity index (χ2v) is 4.09. The van der Waals surface area contributed by atoms with E-state index in [2.05, 4.69) is 9.98 Å². The molecule has 0 amide bonds. The average Bonchev–Trinajstić information content (AvgIpc) is 2.59. The molecule has 1 aromatic heterocycles. The Kier molecular flexibility index (Phi) is 5.06. The van der Waals surface area contributed by atoms with Gasteiger partial charge in [-0.1, -0.05) is 6.42 Å². The van der Waals surface area contributed by atoms with Crippen LogP contribution in [0.5, 0.6) is 0 Å². The monoisotopic (exact) mass is 227 g/mol. The fourth-order valence-electron chi connectivity index (χ4n) is 1.20. The van der Waals surface area contributed by atoms with Gasteiger partial charge in [0, 0.05) is 5.38 Å². The summed E-state index contributed by atoms with van der Waals surface area (Å²) >= 11 is 1.46. The molecule has 0 unspecified atom stereocenters. The molecule has 0 aliphatic carbocycles. The molecular weight excluding hydrogens is 210 g/mol. The summed E-state index contributed by atoms with van der Waals surface area (Å²) in [6.45, 7) is 0.760. The van der Waals surface area contributed by atoms with Crippen LogP contribution in [0.4, 0.5) is 5.13 Å². The Balaban J connectivity index is 2.36. The zero-order chi connectivity index (χ0) is 11.1. The van der Waals surface area contributed by atoms with Crippen LogP contribution in [-0.2, 0) is 6.42 Å². The minimum Gasteiger partial charge on any atom is -0.370 e. The lowest BCUT2D eigenvalue weighted by atomic mass is 10.2. The molecule has 0 bridgehead atoms. The van der Waals surface area contributed by atoms with Gasteiger partial charge in [0.15, 0.2) is 5.96 Å².